The Balaban J connectivity index is 1.15. The Hall–Kier alpha value is -7.10. The Bertz CT molecular complexity index is 3180. The van der Waals surface area contributed by atoms with Gasteiger partial charge in [-0.25, -0.2) is 0 Å². The molecular weight excluding hydrogens is 647 g/mol. The maximum atomic E-state index is 6.65. The SMILES string of the molecule is c1ccc(N(c2ccc(-c3ccc4ccccc4c3)cc2)c2cccc3oc4ccccc4c23)c(-c2cccc3oc4c5ccccc5ccc4c23)c1. The van der Waals surface area contributed by atoms with E-state index >= 15 is 0 Å². The average molecular weight is 678 g/mol. The highest BCUT2D eigenvalue weighted by Gasteiger charge is 2.24. The lowest BCUT2D eigenvalue weighted by atomic mass is 9.95. The summed E-state index contributed by atoms with van der Waals surface area (Å²) in [5, 5.41) is 9.14. The van der Waals surface area contributed by atoms with Crippen molar-refractivity contribution in [2.45, 2.75) is 0 Å². The summed E-state index contributed by atoms with van der Waals surface area (Å²) in [4.78, 5) is 2.39. The molecule has 0 spiro atoms. The van der Waals surface area contributed by atoms with Gasteiger partial charge in [0, 0.05) is 32.8 Å². The van der Waals surface area contributed by atoms with E-state index in [1.807, 2.05) is 12.1 Å². The van der Waals surface area contributed by atoms with Crippen molar-refractivity contribution in [2.75, 3.05) is 4.90 Å². The Kier molecular flexibility index (Phi) is 6.55. The number of hydrogen-bond acceptors (Lipinski definition) is 3. The first-order chi connectivity index (χ1) is 26.3. The molecule has 0 radical (unpaired) electrons. The quantitative estimate of drug-likeness (QED) is 0.182. The molecule has 0 unspecified atom stereocenters. The van der Waals surface area contributed by atoms with Gasteiger partial charge in [0.15, 0.2) is 0 Å². The van der Waals surface area contributed by atoms with Gasteiger partial charge in [0.05, 0.1) is 16.8 Å². The van der Waals surface area contributed by atoms with Gasteiger partial charge in [-0.3, -0.25) is 0 Å². The lowest BCUT2D eigenvalue weighted by Gasteiger charge is -2.29. The van der Waals surface area contributed by atoms with Gasteiger partial charge in [-0.05, 0) is 87.4 Å². The van der Waals surface area contributed by atoms with E-state index in [4.69, 9.17) is 8.83 Å². The molecule has 0 fully saturated rings. The molecule has 0 aliphatic rings. The number of hydrogen-bond donors (Lipinski definition) is 0. The van der Waals surface area contributed by atoms with E-state index in [1.54, 1.807) is 0 Å². The molecule has 2 heterocycles. The summed E-state index contributed by atoms with van der Waals surface area (Å²) >= 11 is 0. The minimum absolute atomic E-state index is 0.855. The number of fused-ring (bicyclic) bond motifs is 9. The third kappa shape index (κ3) is 4.68. The molecule has 0 aliphatic heterocycles. The van der Waals surface area contributed by atoms with Crippen molar-refractivity contribution < 1.29 is 8.83 Å². The van der Waals surface area contributed by atoms with Crippen LogP contribution >= 0.6 is 0 Å². The maximum Gasteiger partial charge on any atom is 0.143 e. The monoisotopic (exact) mass is 677 g/mol. The van der Waals surface area contributed by atoms with Gasteiger partial charge in [-0.1, -0.05) is 133 Å². The van der Waals surface area contributed by atoms with E-state index < -0.39 is 0 Å². The first kappa shape index (κ1) is 29.6. The van der Waals surface area contributed by atoms with Crippen LogP contribution < -0.4 is 4.90 Å². The molecule has 3 heteroatoms. The summed E-state index contributed by atoms with van der Waals surface area (Å²) in [6.07, 6.45) is 0. The minimum Gasteiger partial charge on any atom is -0.456 e. The standard InChI is InChI=1S/C50H31NO2/c1-2-13-35-31-36(24-23-32(35)11-1)33-25-28-37(29-26-33)51(44-19-10-22-47-49(44)41-16-6-8-20-45(41)52-47)43-18-7-5-15-39(43)40-17-9-21-46-48(40)42-30-27-34-12-3-4-14-38(34)50(42)53-46/h1-31H. The number of nitrogens with zero attached hydrogens (tertiary/aromatic N) is 1. The zero-order valence-electron chi connectivity index (χ0n) is 28.7. The van der Waals surface area contributed by atoms with Crippen LogP contribution in [0.4, 0.5) is 17.1 Å². The first-order valence-corrected chi connectivity index (χ1v) is 18.0. The molecule has 248 valence electrons. The van der Waals surface area contributed by atoms with E-state index in [0.717, 1.165) is 77.5 Å². The second-order valence-electron chi connectivity index (χ2n) is 13.7. The Morgan fingerprint density at radius 3 is 1.85 bits per heavy atom. The van der Waals surface area contributed by atoms with Crippen molar-refractivity contribution in [2.24, 2.45) is 0 Å². The number of furan rings is 2. The van der Waals surface area contributed by atoms with Crippen molar-refractivity contribution in [3.8, 4) is 22.3 Å². The van der Waals surface area contributed by atoms with Gasteiger partial charge in [-0.2, -0.15) is 0 Å². The zero-order valence-corrected chi connectivity index (χ0v) is 28.7. The fourth-order valence-electron chi connectivity index (χ4n) is 8.20. The van der Waals surface area contributed by atoms with Crippen molar-refractivity contribution >= 4 is 82.5 Å². The van der Waals surface area contributed by atoms with Crippen LogP contribution in [0, 0.1) is 0 Å². The molecule has 0 saturated heterocycles. The number of rotatable bonds is 5. The summed E-state index contributed by atoms with van der Waals surface area (Å²) in [6, 6.07) is 66.8. The predicted molar refractivity (Wildman–Crippen MR) is 222 cm³/mol. The van der Waals surface area contributed by atoms with Gasteiger partial charge in [-0.15, -0.1) is 0 Å². The van der Waals surface area contributed by atoms with Crippen LogP contribution in [-0.4, -0.2) is 0 Å². The van der Waals surface area contributed by atoms with Crippen LogP contribution in [0.2, 0.25) is 0 Å². The van der Waals surface area contributed by atoms with Crippen LogP contribution in [0.15, 0.2) is 197 Å². The second kappa shape index (κ2) is 11.7. The highest BCUT2D eigenvalue weighted by atomic mass is 16.3. The average Bonchev–Trinajstić information content (AvgIpc) is 3.81. The number of anilines is 3. The van der Waals surface area contributed by atoms with Crippen LogP contribution in [0.3, 0.4) is 0 Å². The van der Waals surface area contributed by atoms with E-state index in [9.17, 15) is 0 Å². The number of benzene rings is 9. The third-order valence-electron chi connectivity index (χ3n) is 10.7. The fourth-order valence-corrected chi connectivity index (χ4v) is 8.20. The highest BCUT2D eigenvalue weighted by molar-refractivity contribution is 6.20. The van der Waals surface area contributed by atoms with Crippen LogP contribution in [0.25, 0.3) is 87.7 Å². The number of para-hydroxylation sites is 2. The molecular formula is C50H31NO2. The molecule has 3 nitrogen and oxygen atoms in total. The van der Waals surface area contributed by atoms with Gasteiger partial charge in [0.1, 0.15) is 22.3 Å². The van der Waals surface area contributed by atoms with Crippen molar-refractivity contribution in [1.29, 1.82) is 0 Å². The molecule has 0 aliphatic carbocycles. The molecule has 0 atom stereocenters. The normalized spacial score (nSPS) is 11.8. The lowest BCUT2D eigenvalue weighted by molar-refractivity contribution is 0.669. The Morgan fingerprint density at radius 2 is 0.962 bits per heavy atom. The lowest BCUT2D eigenvalue weighted by Crippen LogP contribution is -2.11. The maximum absolute atomic E-state index is 6.65. The van der Waals surface area contributed by atoms with E-state index in [2.05, 4.69) is 181 Å². The summed E-state index contributed by atoms with van der Waals surface area (Å²) in [7, 11) is 0. The molecule has 11 aromatic rings. The fraction of sp³-hybridized carbons (Fsp3) is 0. The smallest absolute Gasteiger partial charge is 0.143 e. The molecule has 0 amide bonds. The van der Waals surface area contributed by atoms with Crippen molar-refractivity contribution in [1.82, 2.24) is 0 Å². The molecule has 9 aromatic carbocycles. The third-order valence-corrected chi connectivity index (χ3v) is 10.7. The van der Waals surface area contributed by atoms with E-state index in [-0.39, 0.29) is 0 Å². The van der Waals surface area contributed by atoms with Crippen molar-refractivity contribution in [3.05, 3.63) is 188 Å². The first-order valence-electron chi connectivity index (χ1n) is 18.0. The van der Waals surface area contributed by atoms with Crippen LogP contribution in [-0.2, 0) is 0 Å². The molecule has 0 N–H and O–H groups in total. The molecule has 53 heavy (non-hydrogen) atoms. The van der Waals surface area contributed by atoms with Crippen LogP contribution in [0.1, 0.15) is 0 Å². The highest BCUT2D eigenvalue weighted by Crippen LogP contribution is 2.48. The van der Waals surface area contributed by atoms with Crippen molar-refractivity contribution in [3.63, 3.8) is 0 Å². The van der Waals surface area contributed by atoms with Gasteiger partial charge in [0.25, 0.3) is 0 Å². The van der Waals surface area contributed by atoms with Gasteiger partial charge in [0.2, 0.25) is 0 Å². The Morgan fingerprint density at radius 1 is 0.340 bits per heavy atom. The second-order valence-corrected chi connectivity index (χ2v) is 13.7. The van der Waals surface area contributed by atoms with E-state index in [0.29, 0.717) is 0 Å². The zero-order chi connectivity index (χ0) is 34.9. The molecule has 2 aromatic heterocycles. The summed E-state index contributed by atoms with van der Waals surface area (Å²) in [6.45, 7) is 0. The van der Waals surface area contributed by atoms with Gasteiger partial charge >= 0.3 is 0 Å². The predicted octanol–water partition coefficient (Wildman–Crippen LogP) is 14.6. The summed E-state index contributed by atoms with van der Waals surface area (Å²) < 4.78 is 13.1. The summed E-state index contributed by atoms with van der Waals surface area (Å²) in [5.41, 5.74) is 11.3. The summed E-state index contributed by atoms with van der Waals surface area (Å²) in [5.74, 6) is 0. The largest absolute Gasteiger partial charge is 0.456 e. The minimum atomic E-state index is 0.855. The van der Waals surface area contributed by atoms with Crippen LogP contribution in [0.5, 0.6) is 0 Å². The Labute approximate surface area is 305 Å². The molecule has 0 saturated carbocycles. The van der Waals surface area contributed by atoms with E-state index in [1.165, 1.54) is 27.3 Å². The molecule has 11 rings (SSSR count). The molecule has 0 bridgehead atoms. The topological polar surface area (TPSA) is 29.5 Å². The van der Waals surface area contributed by atoms with Gasteiger partial charge < -0.3 is 13.7 Å².